The van der Waals surface area contributed by atoms with Gasteiger partial charge >= 0.3 is 0 Å². The number of methoxy groups -OCH3 is 2. The first kappa shape index (κ1) is 20.7. The van der Waals surface area contributed by atoms with Crippen LogP contribution in [0.5, 0.6) is 11.5 Å². The lowest BCUT2D eigenvalue weighted by molar-refractivity contribution is -0.117. The SMILES string of the molecule is COc1ccc(C)cc1NC(=O)[C@H](C)NS(=O)(=O)c1cc(C)ccc1OC. The van der Waals surface area contributed by atoms with Gasteiger partial charge in [0.05, 0.1) is 25.9 Å². The lowest BCUT2D eigenvalue weighted by atomic mass is 10.2. The second-order valence-corrected chi connectivity index (χ2v) is 7.87. The summed E-state index contributed by atoms with van der Waals surface area (Å²) in [6.07, 6.45) is 0. The van der Waals surface area contributed by atoms with Crippen molar-refractivity contribution in [3.8, 4) is 11.5 Å². The molecule has 2 aromatic rings. The quantitative estimate of drug-likeness (QED) is 0.755. The number of sulfonamides is 1. The molecule has 0 saturated heterocycles. The largest absolute Gasteiger partial charge is 0.495 e. The molecule has 0 fully saturated rings. The van der Waals surface area contributed by atoms with E-state index in [1.165, 1.54) is 27.2 Å². The average Bonchev–Trinajstić information content (AvgIpc) is 2.61. The third-order valence-electron chi connectivity index (χ3n) is 3.95. The predicted octanol–water partition coefficient (Wildman–Crippen LogP) is 2.63. The minimum Gasteiger partial charge on any atom is -0.495 e. The number of carbonyl (C=O) groups is 1. The Hall–Kier alpha value is -2.58. The van der Waals surface area contributed by atoms with E-state index in [0.717, 1.165) is 11.1 Å². The van der Waals surface area contributed by atoms with Crippen molar-refractivity contribution in [1.82, 2.24) is 4.72 Å². The number of carbonyl (C=O) groups excluding carboxylic acids is 1. The number of benzene rings is 2. The van der Waals surface area contributed by atoms with Crippen LogP contribution in [0.2, 0.25) is 0 Å². The number of hydrogen-bond acceptors (Lipinski definition) is 5. The lowest BCUT2D eigenvalue weighted by Gasteiger charge is -2.17. The Kier molecular flexibility index (Phi) is 6.45. The van der Waals surface area contributed by atoms with Gasteiger partial charge in [-0.05, 0) is 56.2 Å². The van der Waals surface area contributed by atoms with Crippen LogP contribution in [0.15, 0.2) is 41.3 Å². The highest BCUT2D eigenvalue weighted by atomic mass is 32.2. The monoisotopic (exact) mass is 392 g/mol. The van der Waals surface area contributed by atoms with Gasteiger partial charge < -0.3 is 14.8 Å². The zero-order chi connectivity index (χ0) is 20.2. The molecule has 0 aliphatic carbocycles. The van der Waals surface area contributed by atoms with Crippen molar-refractivity contribution in [1.29, 1.82) is 0 Å². The van der Waals surface area contributed by atoms with E-state index in [1.54, 1.807) is 31.2 Å². The highest BCUT2D eigenvalue weighted by Gasteiger charge is 2.25. The summed E-state index contributed by atoms with van der Waals surface area (Å²) in [4.78, 5) is 12.5. The van der Waals surface area contributed by atoms with Crippen molar-refractivity contribution in [2.24, 2.45) is 0 Å². The number of anilines is 1. The van der Waals surface area contributed by atoms with Gasteiger partial charge in [0, 0.05) is 0 Å². The average molecular weight is 392 g/mol. The molecular weight excluding hydrogens is 368 g/mol. The van der Waals surface area contributed by atoms with Crippen LogP contribution in [0.3, 0.4) is 0 Å². The minimum atomic E-state index is -3.95. The van der Waals surface area contributed by atoms with Crippen LogP contribution in [0.1, 0.15) is 18.1 Å². The van der Waals surface area contributed by atoms with Gasteiger partial charge in [0.2, 0.25) is 15.9 Å². The van der Waals surface area contributed by atoms with Gasteiger partial charge in [-0.15, -0.1) is 0 Å². The summed E-state index contributed by atoms with van der Waals surface area (Å²) in [5, 5.41) is 2.69. The standard InChI is InChI=1S/C19H24N2O5S/c1-12-6-8-16(25-4)15(10-12)20-19(22)14(3)21-27(23,24)18-11-13(2)7-9-17(18)26-5/h6-11,14,21H,1-5H3,(H,20,22)/t14-/m0/s1. The number of nitrogens with one attached hydrogen (secondary N) is 2. The summed E-state index contributed by atoms with van der Waals surface area (Å²) in [7, 11) is -1.06. The van der Waals surface area contributed by atoms with E-state index in [9.17, 15) is 13.2 Å². The molecule has 0 heterocycles. The number of ether oxygens (including phenoxy) is 2. The molecule has 2 N–H and O–H groups in total. The Morgan fingerprint density at radius 1 is 0.963 bits per heavy atom. The molecule has 0 aliphatic rings. The van der Waals surface area contributed by atoms with Crippen molar-refractivity contribution < 1.29 is 22.7 Å². The van der Waals surface area contributed by atoms with Crippen LogP contribution >= 0.6 is 0 Å². The maximum Gasteiger partial charge on any atom is 0.244 e. The second-order valence-electron chi connectivity index (χ2n) is 6.19. The Bertz CT molecular complexity index is 941. The highest BCUT2D eigenvalue weighted by molar-refractivity contribution is 7.89. The molecule has 0 unspecified atom stereocenters. The Labute approximate surface area is 159 Å². The first-order valence-electron chi connectivity index (χ1n) is 8.30. The van der Waals surface area contributed by atoms with E-state index < -0.39 is 22.0 Å². The van der Waals surface area contributed by atoms with Gasteiger partial charge in [-0.3, -0.25) is 4.79 Å². The van der Waals surface area contributed by atoms with Crippen molar-refractivity contribution in [3.63, 3.8) is 0 Å². The van der Waals surface area contributed by atoms with Gasteiger partial charge in [0.25, 0.3) is 0 Å². The Morgan fingerprint density at radius 3 is 2.11 bits per heavy atom. The fourth-order valence-corrected chi connectivity index (χ4v) is 3.96. The molecule has 0 spiro atoms. The molecule has 1 atom stereocenters. The van der Waals surface area contributed by atoms with Crippen LogP contribution < -0.4 is 19.5 Å². The molecule has 146 valence electrons. The van der Waals surface area contributed by atoms with Crippen LogP contribution in [0.25, 0.3) is 0 Å². The van der Waals surface area contributed by atoms with Crippen molar-refractivity contribution in [3.05, 3.63) is 47.5 Å². The Morgan fingerprint density at radius 2 is 1.52 bits per heavy atom. The maximum atomic E-state index is 12.7. The molecular formula is C19H24N2O5S. The molecule has 0 saturated carbocycles. The third-order valence-corrected chi connectivity index (χ3v) is 5.51. The smallest absolute Gasteiger partial charge is 0.244 e. The highest BCUT2D eigenvalue weighted by Crippen LogP contribution is 2.26. The van der Waals surface area contributed by atoms with Crippen molar-refractivity contribution in [2.45, 2.75) is 31.7 Å². The first-order chi connectivity index (χ1) is 12.7. The van der Waals surface area contributed by atoms with E-state index >= 15 is 0 Å². The van der Waals surface area contributed by atoms with Crippen LogP contribution in [0, 0.1) is 13.8 Å². The molecule has 2 rings (SSSR count). The van der Waals surface area contributed by atoms with Crippen LogP contribution in [0.4, 0.5) is 5.69 Å². The molecule has 0 aliphatic heterocycles. The summed E-state index contributed by atoms with van der Waals surface area (Å²) in [5.74, 6) is 0.194. The van der Waals surface area contributed by atoms with Crippen LogP contribution in [-0.4, -0.2) is 34.6 Å². The van der Waals surface area contributed by atoms with Gasteiger partial charge in [-0.25, -0.2) is 8.42 Å². The number of amides is 1. The van der Waals surface area contributed by atoms with Gasteiger partial charge in [0.15, 0.2) is 0 Å². The molecule has 2 aromatic carbocycles. The van der Waals surface area contributed by atoms with E-state index in [0.29, 0.717) is 11.4 Å². The third kappa shape index (κ3) is 4.99. The fraction of sp³-hybridized carbons (Fsp3) is 0.316. The predicted molar refractivity (Wildman–Crippen MR) is 104 cm³/mol. The molecule has 1 amide bonds. The van der Waals surface area contributed by atoms with Gasteiger partial charge in [0.1, 0.15) is 16.4 Å². The summed E-state index contributed by atoms with van der Waals surface area (Å²) in [6.45, 7) is 5.13. The van der Waals surface area contributed by atoms with Gasteiger partial charge in [-0.1, -0.05) is 12.1 Å². The molecule has 0 bridgehead atoms. The van der Waals surface area contributed by atoms with E-state index in [1.807, 2.05) is 13.0 Å². The van der Waals surface area contributed by atoms with Crippen LogP contribution in [-0.2, 0) is 14.8 Å². The van der Waals surface area contributed by atoms with E-state index in [4.69, 9.17) is 9.47 Å². The topological polar surface area (TPSA) is 93.7 Å². The lowest BCUT2D eigenvalue weighted by Crippen LogP contribution is -2.41. The molecule has 8 heteroatoms. The molecule has 0 aromatic heterocycles. The maximum absolute atomic E-state index is 12.7. The zero-order valence-electron chi connectivity index (χ0n) is 16.0. The second kappa shape index (κ2) is 8.41. The van der Waals surface area contributed by atoms with E-state index in [2.05, 4.69) is 10.0 Å². The van der Waals surface area contributed by atoms with Crippen molar-refractivity contribution >= 4 is 21.6 Å². The molecule has 27 heavy (non-hydrogen) atoms. The Balaban J connectivity index is 2.21. The normalized spacial score (nSPS) is 12.3. The fourth-order valence-electron chi connectivity index (χ4n) is 2.50. The summed E-state index contributed by atoms with van der Waals surface area (Å²) in [6, 6.07) is 9.15. The van der Waals surface area contributed by atoms with E-state index in [-0.39, 0.29) is 10.6 Å². The summed E-state index contributed by atoms with van der Waals surface area (Å²) < 4.78 is 38.2. The van der Waals surface area contributed by atoms with Crippen molar-refractivity contribution in [2.75, 3.05) is 19.5 Å². The summed E-state index contributed by atoms with van der Waals surface area (Å²) >= 11 is 0. The molecule has 7 nitrogen and oxygen atoms in total. The first-order valence-corrected chi connectivity index (χ1v) is 9.78. The van der Waals surface area contributed by atoms with Gasteiger partial charge in [-0.2, -0.15) is 4.72 Å². The number of rotatable bonds is 7. The zero-order valence-corrected chi connectivity index (χ0v) is 16.8. The molecule has 0 radical (unpaired) electrons. The minimum absolute atomic E-state index is 0.0159. The number of aryl methyl sites for hydroxylation is 2. The summed E-state index contributed by atoms with van der Waals surface area (Å²) in [5.41, 5.74) is 2.17. The number of hydrogen-bond donors (Lipinski definition) is 2.